The number of amides is 1. The Bertz CT molecular complexity index is 441. The van der Waals surface area contributed by atoms with Crippen LogP contribution in [0.4, 0.5) is 0 Å². The summed E-state index contributed by atoms with van der Waals surface area (Å²) in [5.74, 6) is 1.86. The van der Waals surface area contributed by atoms with Crippen LogP contribution in [0.3, 0.4) is 0 Å². The van der Waals surface area contributed by atoms with Gasteiger partial charge >= 0.3 is 0 Å². The number of likely N-dealkylation sites (tertiary alicyclic amines) is 1. The molecule has 0 radical (unpaired) electrons. The highest BCUT2D eigenvalue weighted by Crippen LogP contribution is 2.29. The molecule has 2 nitrogen and oxygen atoms in total. The van der Waals surface area contributed by atoms with Crippen LogP contribution in [0.2, 0.25) is 0 Å². The molecule has 0 aromatic heterocycles. The number of piperidine rings is 1. The predicted molar refractivity (Wildman–Crippen MR) is 77.4 cm³/mol. The van der Waals surface area contributed by atoms with Gasteiger partial charge in [0.1, 0.15) is 0 Å². The van der Waals surface area contributed by atoms with Crippen molar-refractivity contribution in [2.24, 2.45) is 11.8 Å². The SMILES string of the molecule is O=C(C1Cc2ccccc2C1)N1CCC(CCl)CC1. The lowest BCUT2D eigenvalue weighted by Gasteiger charge is -2.32. The summed E-state index contributed by atoms with van der Waals surface area (Å²) in [6, 6.07) is 8.44. The third kappa shape index (κ3) is 2.64. The lowest BCUT2D eigenvalue weighted by Crippen LogP contribution is -2.42. The van der Waals surface area contributed by atoms with Gasteiger partial charge in [-0.3, -0.25) is 4.79 Å². The molecule has 0 N–H and O–H groups in total. The molecule has 1 amide bonds. The maximum atomic E-state index is 12.6. The van der Waals surface area contributed by atoms with Crippen molar-refractivity contribution in [2.45, 2.75) is 25.7 Å². The first-order valence-electron chi connectivity index (χ1n) is 7.19. The van der Waals surface area contributed by atoms with Gasteiger partial charge in [0.05, 0.1) is 0 Å². The number of nitrogens with zero attached hydrogens (tertiary/aromatic N) is 1. The van der Waals surface area contributed by atoms with E-state index in [1.165, 1.54) is 11.1 Å². The highest BCUT2D eigenvalue weighted by atomic mass is 35.5. The number of carbonyl (C=O) groups excluding carboxylic acids is 1. The Morgan fingerprint density at radius 1 is 1.16 bits per heavy atom. The first kappa shape index (κ1) is 13.0. The fraction of sp³-hybridized carbons (Fsp3) is 0.562. The second-order valence-electron chi connectivity index (χ2n) is 5.80. The number of fused-ring (bicyclic) bond motifs is 1. The van der Waals surface area contributed by atoms with Crippen LogP contribution in [0, 0.1) is 11.8 Å². The number of hydrogen-bond acceptors (Lipinski definition) is 1. The van der Waals surface area contributed by atoms with E-state index in [2.05, 4.69) is 29.2 Å². The third-order valence-corrected chi connectivity index (χ3v) is 4.98. The average Bonchev–Trinajstić information content (AvgIpc) is 2.90. The molecule has 1 saturated heterocycles. The van der Waals surface area contributed by atoms with E-state index in [0.717, 1.165) is 44.7 Å². The molecule has 0 bridgehead atoms. The zero-order chi connectivity index (χ0) is 13.2. The van der Waals surface area contributed by atoms with E-state index in [-0.39, 0.29) is 5.92 Å². The molecule has 3 heteroatoms. The molecule has 19 heavy (non-hydrogen) atoms. The Labute approximate surface area is 119 Å². The van der Waals surface area contributed by atoms with E-state index >= 15 is 0 Å². The van der Waals surface area contributed by atoms with Gasteiger partial charge in [-0.2, -0.15) is 0 Å². The molecule has 1 aromatic rings. The fourth-order valence-electron chi connectivity index (χ4n) is 3.30. The Hall–Kier alpha value is -1.02. The molecule has 3 rings (SSSR count). The number of alkyl halides is 1. The van der Waals surface area contributed by atoms with E-state index in [0.29, 0.717) is 11.8 Å². The molecule has 2 aliphatic rings. The van der Waals surface area contributed by atoms with Gasteiger partial charge in [-0.1, -0.05) is 24.3 Å². The molecule has 0 saturated carbocycles. The molecule has 102 valence electrons. The number of rotatable bonds is 2. The van der Waals surface area contributed by atoms with Gasteiger partial charge in [0, 0.05) is 24.9 Å². The van der Waals surface area contributed by atoms with Gasteiger partial charge in [-0.05, 0) is 42.7 Å². The monoisotopic (exact) mass is 277 g/mol. The topological polar surface area (TPSA) is 20.3 Å². The van der Waals surface area contributed by atoms with E-state index < -0.39 is 0 Å². The molecule has 1 fully saturated rings. The molecule has 0 spiro atoms. The highest BCUT2D eigenvalue weighted by Gasteiger charge is 2.32. The Kier molecular flexibility index (Phi) is 3.79. The van der Waals surface area contributed by atoms with Crippen LogP contribution < -0.4 is 0 Å². The summed E-state index contributed by atoms with van der Waals surface area (Å²) in [5.41, 5.74) is 2.72. The van der Waals surface area contributed by atoms with Crippen LogP contribution in [-0.4, -0.2) is 29.8 Å². The van der Waals surface area contributed by atoms with Crippen molar-refractivity contribution in [3.8, 4) is 0 Å². The maximum Gasteiger partial charge on any atom is 0.226 e. The minimum atomic E-state index is 0.171. The second kappa shape index (κ2) is 5.54. The summed E-state index contributed by atoms with van der Waals surface area (Å²) in [4.78, 5) is 14.6. The molecule has 0 atom stereocenters. The van der Waals surface area contributed by atoms with Crippen LogP contribution in [0.1, 0.15) is 24.0 Å². The maximum absolute atomic E-state index is 12.6. The summed E-state index contributed by atoms with van der Waals surface area (Å²) >= 11 is 5.89. The molecular formula is C16H20ClNO. The number of benzene rings is 1. The van der Waals surface area contributed by atoms with Crippen molar-refractivity contribution in [3.63, 3.8) is 0 Å². The zero-order valence-corrected chi connectivity index (χ0v) is 11.9. The van der Waals surface area contributed by atoms with Gasteiger partial charge in [0.25, 0.3) is 0 Å². The standard InChI is InChI=1S/C16H20ClNO/c17-11-12-5-7-18(8-6-12)16(19)15-9-13-3-1-2-4-14(13)10-15/h1-4,12,15H,5-11H2. The summed E-state index contributed by atoms with van der Waals surface area (Å²) in [5, 5.41) is 0. The van der Waals surface area contributed by atoms with Crippen molar-refractivity contribution in [1.82, 2.24) is 4.90 Å². The van der Waals surface area contributed by atoms with Crippen molar-refractivity contribution in [1.29, 1.82) is 0 Å². The first-order valence-corrected chi connectivity index (χ1v) is 7.73. The predicted octanol–water partition coefficient (Wildman–Crippen LogP) is 2.88. The quantitative estimate of drug-likeness (QED) is 0.761. The van der Waals surface area contributed by atoms with Gasteiger partial charge < -0.3 is 4.90 Å². The summed E-state index contributed by atoms with van der Waals surface area (Å²) in [6.45, 7) is 1.78. The minimum absolute atomic E-state index is 0.171. The molecule has 1 aromatic carbocycles. The van der Waals surface area contributed by atoms with Gasteiger partial charge in [-0.15, -0.1) is 11.6 Å². The molecule has 0 unspecified atom stereocenters. The molecule has 1 heterocycles. The number of halogens is 1. The Balaban J connectivity index is 1.61. The molecule has 1 aliphatic carbocycles. The summed E-state index contributed by atoms with van der Waals surface area (Å²) in [6.07, 6.45) is 3.97. The fourth-order valence-corrected chi connectivity index (χ4v) is 3.61. The van der Waals surface area contributed by atoms with Crippen LogP contribution in [0.5, 0.6) is 0 Å². The van der Waals surface area contributed by atoms with Crippen LogP contribution in [-0.2, 0) is 17.6 Å². The summed E-state index contributed by atoms with van der Waals surface area (Å²) < 4.78 is 0. The van der Waals surface area contributed by atoms with E-state index in [4.69, 9.17) is 11.6 Å². The van der Waals surface area contributed by atoms with Gasteiger partial charge in [-0.25, -0.2) is 0 Å². The van der Waals surface area contributed by atoms with Crippen LogP contribution >= 0.6 is 11.6 Å². The Morgan fingerprint density at radius 2 is 1.74 bits per heavy atom. The Morgan fingerprint density at radius 3 is 2.26 bits per heavy atom. The molecule has 1 aliphatic heterocycles. The van der Waals surface area contributed by atoms with Gasteiger partial charge in [0.2, 0.25) is 5.91 Å². The average molecular weight is 278 g/mol. The van der Waals surface area contributed by atoms with Crippen molar-refractivity contribution >= 4 is 17.5 Å². The van der Waals surface area contributed by atoms with Crippen molar-refractivity contribution in [3.05, 3.63) is 35.4 Å². The largest absolute Gasteiger partial charge is 0.342 e. The lowest BCUT2D eigenvalue weighted by molar-refractivity contribution is -0.136. The smallest absolute Gasteiger partial charge is 0.226 e. The van der Waals surface area contributed by atoms with Crippen LogP contribution in [0.15, 0.2) is 24.3 Å². The zero-order valence-electron chi connectivity index (χ0n) is 11.1. The van der Waals surface area contributed by atoms with Crippen molar-refractivity contribution in [2.75, 3.05) is 19.0 Å². The van der Waals surface area contributed by atoms with Gasteiger partial charge in [0.15, 0.2) is 0 Å². The number of hydrogen-bond donors (Lipinski definition) is 0. The van der Waals surface area contributed by atoms with Crippen molar-refractivity contribution < 1.29 is 4.79 Å². The normalized spacial score (nSPS) is 20.6. The van der Waals surface area contributed by atoms with E-state index in [9.17, 15) is 4.79 Å². The lowest BCUT2D eigenvalue weighted by atomic mass is 9.96. The number of carbonyl (C=O) groups is 1. The molecular weight excluding hydrogens is 258 g/mol. The highest BCUT2D eigenvalue weighted by molar-refractivity contribution is 6.18. The minimum Gasteiger partial charge on any atom is -0.342 e. The van der Waals surface area contributed by atoms with E-state index in [1.54, 1.807) is 0 Å². The summed E-state index contributed by atoms with van der Waals surface area (Å²) in [7, 11) is 0. The second-order valence-corrected chi connectivity index (χ2v) is 6.11. The third-order valence-electron chi connectivity index (χ3n) is 4.54. The van der Waals surface area contributed by atoms with E-state index in [1.807, 2.05) is 0 Å². The first-order chi connectivity index (χ1) is 9.28. The van der Waals surface area contributed by atoms with Crippen LogP contribution in [0.25, 0.3) is 0 Å².